The molecular weight excluding hydrogens is 243 g/mol. The lowest BCUT2D eigenvalue weighted by Gasteiger charge is -2.02. The number of aromatic nitrogens is 2. The van der Waals surface area contributed by atoms with E-state index in [0.717, 1.165) is 11.4 Å². The summed E-state index contributed by atoms with van der Waals surface area (Å²) in [6, 6.07) is 7.36. The number of rotatable bonds is 1. The summed E-state index contributed by atoms with van der Waals surface area (Å²) in [5.74, 6) is 0. The topological polar surface area (TPSA) is 17.8 Å². The van der Waals surface area contributed by atoms with E-state index >= 15 is 0 Å². The van der Waals surface area contributed by atoms with Crippen LogP contribution in [-0.4, -0.2) is 9.78 Å². The van der Waals surface area contributed by atoms with Crippen LogP contribution in [-0.2, 0) is 0 Å². The fourth-order valence-electron chi connectivity index (χ4n) is 1.19. The Bertz CT molecular complexity index is 464. The average Bonchev–Trinajstić information content (AvgIpc) is 2.72. The summed E-state index contributed by atoms with van der Waals surface area (Å²) in [5, 5.41) is 5.36. The Morgan fingerprint density at radius 3 is 2.25 bits per heavy atom. The van der Waals surface area contributed by atoms with E-state index in [9.17, 15) is 0 Å². The van der Waals surface area contributed by atoms with Crippen molar-refractivity contribution in [3.05, 3.63) is 46.2 Å². The maximum absolute atomic E-state index is 5.90. The van der Waals surface area contributed by atoms with Crippen LogP contribution in [0.1, 0.15) is 19.5 Å². The molecule has 0 atom stereocenters. The molecule has 0 aliphatic carbocycles. The third-order valence-corrected chi connectivity index (χ3v) is 2.63. The molecule has 0 N–H and O–H groups in total. The van der Waals surface area contributed by atoms with E-state index in [4.69, 9.17) is 23.2 Å². The van der Waals surface area contributed by atoms with Gasteiger partial charge >= 0.3 is 0 Å². The minimum absolute atomic E-state index is 0.539. The van der Waals surface area contributed by atoms with Crippen molar-refractivity contribution in [3.8, 4) is 5.69 Å². The van der Waals surface area contributed by atoms with Crippen LogP contribution in [0, 0.1) is 6.92 Å². The molecule has 0 aliphatic rings. The van der Waals surface area contributed by atoms with E-state index < -0.39 is 0 Å². The molecule has 0 unspecified atom stereocenters. The second kappa shape index (κ2) is 5.92. The molecule has 1 heterocycles. The summed E-state index contributed by atoms with van der Waals surface area (Å²) in [4.78, 5) is 0. The van der Waals surface area contributed by atoms with Crippen molar-refractivity contribution in [2.24, 2.45) is 0 Å². The largest absolute Gasteiger partial charge is 0.241 e. The minimum atomic E-state index is 0.539. The lowest BCUT2D eigenvalue weighted by molar-refractivity contribution is 0.863. The highest BCUT2D eigenvalue weighted by atomic mass is 35.5. The average molecular weight is 257 g/mol. The van der Waals surface area contributed by atoms with E-state index in [1.807, 2.05) is 39.1 Å². The summed E-state index contributed by atoms with van der Waals surface area (Å²) in [7, 11) is 0. The summed E-state index contributed by atoms with van der Waals surface area (Å²) in [5.41, 5.74) is 1.88. The van der Waals surface area contributed by atoms with Gasteiger partial charge in [-0.1, -0.05) is 37.0 Å². The third kappa shape index (κ3) is 3.00. The van der Waals surface area contributed by atoms with Crippen LogP contribution < -0.4 is 0 Å². The summed E-state index contributed by atoms with van der Waals surface area (Å²) < 4.78 is 1.76. The Morgan fingerprint density at radius 1 is 1.06 bits per heavy atom. The van der Waals surface area contributed by atoms with Gasteiger partial charge in [0.25, 0.3) is 0 Å². The highest BCUT2D eigenvalue weighted by Gasteiger charge is 2.01. The Balaban J connectivity index is 0.000000606. The van der Waals surface area contributed by atoms with Crippen molar-refractivity contribution < 1.29 is 0 Å². The van der Waals surface area contributed by atoms with E-state index in [1.165, 1.54) is 0 Å². The Labute approximate surface area is 106 Å². The van der Waals surface area contributed by atoms with Crippen molar-refractivity contribution in [1.82, 2.24) is 9.78 Å². The molecule has 0 aliphatic heterocycles. The fourth-order valence-corrected chi connectivity index (χ4v) is 1.48. The van der Waals surface area contributed by atoms with Gasteiger partial charge in [0, 0.05) is 6.20 Å². The fraction of sp³-hybridized carbons (Fsp3) is 0.250. The van der Waals surface area contributed by atoms with Crippen LogP contribution in [0.2, 0.25) is 10.0 Å². The highest BCUT2D eigenvalue weighted by molar-refractivity contribution is 6.42. The normalized spacial score (nSPS) is 9.56. The molecule has 0 radical (unpaired) electrons. The number of hydrogen-bond donors (Lipinski definition) is 0. The van der Waals surface area contributed by atoms with Gasteiger partial charge in [0.1, 0.15) is 0 Å². The van der Waals surface area contributed by atoms with Crippen molar-refractivity contribution in [3.63, 3.8) is 0 Å². The van der Waals surface area contributed by atoms with Crippen molar-refractivity contribution in [1.29, 1.82) is 0 Å². The van der Waals surface area contributed by atoms with Gasteiger partial charge in [-0.2, -0.15) is 5.10 Å². The standard InChI is InChI=1S/C10H8Cl2N2.C2H6/c1-7-4-5-14(13-7)8-2-3-9(11)10(12)6-8;1-2/h2-6H,1H3;1-2H3. The SMILES string of the molecule is CC.Cc1ccn(-c2ccc(Cl)c(Cl)c2)n1. The molecule has 2 aromatic rings. The van der Waals surface area contributed by atoms with Crippen LogP contribution >= 0.6 is 23.2 Å². The highest BCUT2D eigenvalue weighted by Crippen LogP contribution is 2.24. The van der Waals surface area contributed by atoms with Crippen LogP contribution in [0.5, 0.6) is 0 Å². The third-order valence-electron chi connectivity index (χ3n) is 1.89. The van der Waals surface area contributed by atoms with E-state index in [-0.39, 0.29) is 0 Å². The van der Waals surface area contributed by atoms with Crippen molar-refractivity contribution in [2.75, 3.05) is 0 Å². The molecule has 1 aromatic heterocycles. The van der Waals surface area contributed by atoms with Crippen LogP contribution in [0.25, 0.3) is 5.69 Å². The van der Waals surface area contributed by atoms with Crippen molar-refractivity contribution >= 4 is 23.2 Å². The minimum Gasteiger partial charge on any atom is -0.241 e. The predicted octanol–water partition coefficient (Wildman–Crippen LogP) is 4.51. The smallest absolute Gasteiger partial charge is 0.0661 e. The molecule has 0 fully saturated rings. The first-order valence-corrected chi connectivity index (χ1v) is 5.90. The zero-order valence-corrected chi connectivity index (χ0v) is 11.0. The molecule has 16 heavy (non-hydrogen) atoms. The molecule has 2 nitrogen and oxygen atoms in total. The monoisotopic (exact) mass is 256 g/mol. The van der Waals surface area contributed by atoms with E-state index in [2.05, 4.69) is 5.10 Å². The maximum Gasteiger partial charge on any atom is 0.0661 e. The van der Waals surface area contributed by atoms with E-state index in [1.54, 1.807) is 16.8 Å². The Morgan fingerprint density at radius 2 is 1.75 bits per heavy atom. The molecule has 0 amide bonds. The summed E-state index contributed by atoms with van der Waals surface area (Å²) in [6.07, 6.45) is 1.88. The Kier molecular flexibility index (Phi) is 4.84. The molecule has 2 rings (SSSR count). The first-order chi connectivity index (χ1) is 7.66. The molecule has 0 bridgehead atoms. The van der Waals surface area contributed by atoms with Gasteiger partial charge in [-0.15, -0.1) is 0 Å². The Hall–Kier alpha value is -0.990. The second-order valence-corrected chi connectivity index (χ2v) is 3.81. The van der Waals surface area contributed by atoms with E-state index in [0.29, 0.717) is 10.0 Å². The number of benzene rings is 1. The number of nitrogens with zero attached hydrogens (tertiary/aromatic N) is 2. The molecule has 0 saturated carbocycles. The zero-order chi connectivity index (χ0) is 12.1. The van der Waals surface area contributed by atoms with Gasteiger partial charge in [0.2, 0.25) is 0 Å². The predicted molar refractivity (Wildman–Crippen MR) is 69.7 cm³/mol. The van der Waals surface area contributed by atoms with Gasteiger partial charge in [0.05, 0.1) is 21.4 Å². The van der Waals surface area contributed by atoms with Crippen LogP contribution in [0.4, 0.5) is 0 Å². The summed E-state index contributed by atoms with van der Waals surface area (Å²) in [6.45, 7) is 5.94. The van der Waals surface area contributed by atoms with Gasteiger partial charge in [-0.25, -0.2) is 4.68 Å². The molecule has 4 heteroatoms. The second-order valence-electron chi connectivity index (χ2n) is 3.00. The number of aryl methyl sites for hydroxylation is 1. The van der Waals surface area contributed by atoms with Crippen LogP contribution in [0.15, 0.2) is 30.5 Å². The molecule has 86 valence electrons. The molecular formula is C12H14Cl2N2. The maximum atomic E-state index is 5.90. The summed E-state index contributed by atoms with van der Waals surface area (Å²) >= 11 is 11.7. The van der Waals surface area contributed by atoms with Gasteiger partial charge < -0.3 is 0 Å². The lowest BCUT2D eigenvalue weighted by atomic mass is 10.3. The number of halogens is 2. The first kappa shape index (κ1) is 13.1. The molecule has 1 aromatic carbocycles. The molecule has 0 spiro atoms. The quantitative estimate of drug-likeness (QED) is 0.734. The van der Waals surface area contributed by atoms with Gasteiger partial charge in [0.15, 0.2) is 0 Å². The van der Waals surface area contributed by atoms with Crippen LogP contribution in [0.3, 0.4) is 0 Å². The molecule has 0 saturated heterocycles. The first-order valence-electron chi connectivity index (χ1n) is 5.14. The number of hydrogen-bond acceptors (Lipinski definition) is 1. The zero-order valence-electron chi connectivity index (χ0n) is 9.54. The van der Waals surface area contributed by atoms with Gasteiger partial charge in [-0.3, -0.25) is 0 Å². The van der Waals surface area contributed by atoms with Crippen molar-refractivity contribution in [2.45, 2.75) is 20.8 Å². The lowest BCUT2D eigenvalue weighted by Crippen LogP contribution is -1.94. The van der Waals surface area contributed by atoms with Gasteiger partial charge in [-0.05, 0) is 31.2 Å².